The van der Waals surface area contributed by atoms with E-state index in [2.05, 4.69) is 4.74 Å². The van der Waals surface area contributed by atoms with E-state index in [4.69, 9.17) is 0 Å². The summed E-state index contributed by atoms with van der Waals surface area (Å²) in [5, 5.41) is 0.707. The summed E-state index contributed by atoms with van der Waals surface area (Å²) in [6, 6.07) is 9.03. The molecule has 94 valence electrons. The maximum absolute atomic E-state index is 11.7. The topological polar surface area (TPSA) is 48.3 Å². The van der Waals surface area contributed by atoms with Gasteiger partial charge in [-0.25, -0.2) is 0 Å². The molecule has 0 fully saturated rings. The number of benzene rings is 1. The average molecular weight is 245 g/mol. The molecule has 0 aliphatic carbocycles. The van der Waals surface area contributed by atoms with Crippen molar-refractivity contribution in [2.24, 2.45) is 0 Å². The highest BCUT2D eigenvalue weighted by Crippen LogP contribution is 2.10. The lowest BCUT2D eigenvalue weighted by Crippen LogP contribution is -2.09. The van der Waals surface area contributed by atoms with Gasteiger partial charge in [0.25, 0.3) is 0 Å². The lowest BCUT2D eigenvalue weighted by atomic mass is 10.2. The number of hydrogen-bond acceptors (Lipinski definition) is 3. The number of aromatic nitrogens is 1. The number of fused-ring (bicyclic) bond motifs is 1. The molecule has 2 aromatic rings. The summed E-state index contributed by atoms with van der Waals surface area (Å²) >= 11 is 0. The van der Waals surface area contributed by atoms with Gasteiger partial charge < -0.3 is 9.30 Å². The van der Waals surface area contributed by atoms with Gasteiger partial charge in [-0.15, -0.1) is 0 Å². The number of para-hydroxylation sites is 1. The van der Waals surface area contributed by atoms with Crippen LogP contribution < -0.4 is 5.43 Å². The molecule has 1 heterocycles. The van der Waals surface area contributed by atoms with Gasteiger partial charge in [-0.3, -0.25) is 9.59 Å². The Kier molecular flexibility index (Phi) is 3.77. The maximum atomic E-state index is 11.7. The van der Waals surface area contributed by atoms with Crippen molar-refractivity contribution in [2.45, 2.75) is 19.4 Å². The van der Waals surface area contributed by atoms with E-state index in [1.807, 2.05) is 28.8 Å². The molecule has 1 aromatic carbocycles. The van der Waals surface area contributed by atoms with E-state index in [1.54, 1.807) is 12.3 Å². The van der Waals surface area contributed by atoms with E-state index in [0.717, 1.165) is 5.52 Å². The number of ether oxygens (including phenoxy) is 1. The van der Waals surface area contributed by atoms with Crippen molar-refractivity contribution in [1.29, 1.82) is 0 Å². The molecule has 4 heteroatoms. The van der Waals surface area contributed by atoms with Crippen molar-refractivity contribution in [3.8, 4) is 0 Å². The normalized spacial score (nSPS) is 10.5. The Morgan fingerprint density at radius 1 is 1.28 bits per heavy atom. The molecule has 0 bridgehead atoms. The molecular formula is C14H15NO3. The van der Waals surface area contributed by atoms with Gasteiger partial charge in [-0.2, -0.15) is 0 Å². The second kappa shape index (κ2) is 5.49. The molecule has 0 spiro atoms. The highest BCUT2D eigenvalue weighted by atomic mass is 16.5. The van der Waals surface area contributed by atoms with Crippen LogP contribution in [0.25, 0.3) is 10.9 Å². The van der Waals surface area contributed by atoms with Crippen LogP contribution in [0.4, 0.5) is 0 Å². The molecule has 0 amide bonds. The van der Waals surface area contributed by atoms with Crippen LogP contribution >= 0.6 is 0 Å². The quantitative estimate of drug-likeness (QED) is 0.773. The molecule has 0 N–H and O–H groups in total. The third-order valence-corrected chi connectivity index (χ3v) is 2.89. The fourth-order valence-electron chi connectivity index (χ4n) is 1.95. The zero-order valence-electron chi connectivity index (χ0n) is 10.3. The first-order chi connectivity index (χ1) is 8.72. The smallest absolute Gasteiger partial charge is 0.305 e. The Hall–Kier alpha value is -2.10. The summed E-state index contributed by atoms with van der Waals surface area (Å²) in [5.41, 5.74) is 0.921. The number of nitrogens with zero attached hydrogens (tertiary/aromatic N) is 1. The zero-order valence-corrected chi connectivity index (χ0v) is 10.3. The fraction of sp³-hybridized carbons (Fsp3) is 0.286. The second-order valence-corrected chi connectivity index (χ2v) is 4.07. The molecule has 0 saturated carbocycles. The summed E-state index contributed by atoms with van der Waals surface area (Å²) in [6.07, 6.45) is 2.85. The summed E-state index contributed by atoms with van der Waals surface area (Å²) < 4.78 is 6.58. The first-order valence-electron chi connectivity index (χ1n) is 5.87. The number of carbonyl (C=O) groups excluding carboxylic acids is 1. The van der Waals surface area contributed by atoms with Gasteiger partial charge in [-0.05, 0) is 18.6 Å². The third kappa shape index (κ3) is 2.59. The molecule has 4 nitrogen and oxygen atoms in total. The zero-order chi connectivity index (χ0) is 13.0. The first-order valence-corrected chi connectivity index (χ1v) is 5.87. The summed E-state index contributed by atoms with van der Waals surface area (Å²) in [7, 11) is 1.39. The van der Waals surface area contributed by atoms with Crippen LogP contribution in [0.1, 0.15) is 12.8 Å². The number of methoxy groups -OCH3 is 1. The molecular weight excluding hydrogens is 230 g/mol. The summed E-state index contributed by atoms with van der Waals surface area (Å²) in [5.74, 6) is -0.208. The van der Waals surface area contributed by atoms with Crippen LogP contribution in [-0.2, 0) is 16.1 Å². The standard InChI is InChI=1S/C14H15NO3/c1-18-14(17)7-4-9-15-10-8-13(16)11-5-2-3-6-12(11)15/h2-3,5-6,8,10H,4,7,9H2,1H3. The van der Waals surface area contributed by atoms with E-state index in [9.17, 15) is 9.59 Å². The second-order valence-electron chi connectivity index (χ2n) is 4.07. The van der Waals surface area contributed by atoms with Gasteiger partial charge in [0.1, 0.15) is 0 Å². The molecule has 0 saturated heterocycles. The number of aryl methyl sites for hydroxylation is 1. The number of rotatable bonds is 4. The van der Waals surface area contributed by atoms with E-state index in [1.165, 1.54) is 7.11 Å². The van der Waals surface area contributed by atoms with Crippen molar-refractivity contribution in [2.75, 3.05) is 7.11 Å². The van der Waals surface area contributed by atoms with Crippen molar-refractivity contribution < 1.29 is 9.53 Å². The molecule has 2 rings (SSSR count). The fourth-order valence-corrected chi connectivity index (χ4v) is 1.95. The average Bonchev–Trinajstić information content (AvgIpc) is 2.41. The highest BCUT2D eigenvalue weighted by Gasteiger charge is 2.03. The Balaban J connectivity index is 2.21. The number of hydrogen-bond donors (Lipinski definition) is 0. The van der Waals surface area contributed by atoms with Crippen LogP contribution in [0.15, 0.2) is 41.3 Å². The van der Waals surface area contributed by atoms with Crippen molar-refractivity contribution >= 4 is 16.9 Å². The van der Waals surface area contributed by atoms with Crippen molar-refractivity contribution in [3.05, 3.63) is 46.8 Å². The minimum absolute atomic E-state index is 0.0230. The first kappa shape index (κ1) is 12.4. The Morgan fingerprint density at radius 2 is 2.06 bits per heavy atom. The SMILES string of the molecule is COC(=O)CCCn1ccc(=O)c2ccccc21. The molecule has 0 aliphatic rings. The highest BCUT2D eigenvalue weighted by molar-refractivity contribution is 5.78. The molecule has 0 radical (unpaired) electrons. The third-order valence-electron chi connectivity index (χ3n) is 2.89. The monoisotopic (exact) mass is 245 g/mol. The predicted octanol–water partition coefficient (Wildman–Crippen LogP) is 1.95. The lowest BCUT2D eigenvalue weighted by molar-refractivity contribution is -0.140. The van der Waals surface area contributed by atoms with E-state index >= 15 is 0 Å². The van der Waals surface area contributed by atoms with Gasteiger partial charge in [0, 0.05) is 30.6 Å². The van der Waals surface area contributed by atoms with Crippen LogP contribution in [0.2, 0.25) is 0 Å². The maximum Gasteiger partial charge on any atom is 0.305 e. The number of pyridine rings is 1. The number of esters is 1. The number of carbonyl (C=O) groups is 1. The largest absolute Gasteiger partial charge is 0.469 e. The molecule has 18 heavy (non-hydrogen) atoms. The van der Waals surface area contributed by atoms with E-state index in [-0.39, 0.29) is 11.4 Å². The van der Waals surface area contributed by atoms with Crippen LogP contribution in [0.3, 0.4) is 0 Å². The Morgan fingerprint density at radius 3 is 2.83 bits per heavy atom. The lowest BCUT2D eigenvalue weighted by Gasteiger charge is -2.09. The van der Waals surface area contributed by atoms with Gasteiger partial charge >= 0.3 is 5.97 Å². The minimum atomic E-state index is -0.208. The van der Waals surface area contributed by atoms with Crippen LogP contribution in [0.5, 0.6) is 0 Å². The molecule has 0 aliphatic heterocycles. The van der Waals surface area contributed by atoms with Gasteiger partial charge in [0.2, 0.25) is 0 Å². The summed E-state index contributed by atoms with van der Waals surface area (Å²) in [6.45, 7) is 0.690. The molecule has 0 atom stereocenters. The summed E-state index contributed by atoms with van der Waals surface area (Å²) in [4.78, 5) is 22.7. The van der Waals surface area contributed by atoms with Crippen LogP contribution in [0, 0.1) is 0 Å². The van der Waals surface area contributed by atoms with Crippen molar-refractivity contribution in [1.82, 2.24) is 4.57 Å². The molecule has 0 unspecified atom stereocenters. The van der Waals surface area contributed by atoms with Crippen molar-refractivity contribution in [3.63, 3.8) is 0 Å². The molecule has 1 aromatic heterocycles. The van der Waals surface area contributed by atoms with Gasteiger partial charge in [-0.1, -0.05) is 12.1 Å². The Bertz CT molecular complexity index is 616. The van der Waals surface area contributed by atoms with E-state index in [0.29, 0.717) is 24.8 Å². The Labute approximate surface area is 105 Å². The van der Waals surface area contributed by atoms with Crippen LogP contribution in [-0.4, -0.2) is 17.6 Å². The van der Waals surface area contributed by atoms with Gasteiger partial charge in [0.15, 0.2) is 5.43 Å². The predicted molar refractivity (Wildman–Crippen MR) is 69.5 cm³/mol. The minimum Gasteiger partial charge on any atom is -0.469 e. The van der Waals surface area contributed by atoms with Gasteiger partial charge in [0.05, 0.1) is 12.6 Å². The van der Waals surface area contributed by atoms with E-state index < -0.39 is 0 Å².